The molecule has 3 N–H and O–H groups in total. The monoisotopic (exact) mass is 281 g/mol. The maximum atomic E-state index is 11.9. The van der Waals surface area contributed by atoms with Crippen molar-refractivity contribution >= 4 is 11.8 Å². The Balaban J connectivity index is 2.67. The highest BCUT2D eigenvalue weighted by molar-refractivity contribution is 5.94. The molecule has 0 aliphatic rings. The summed E-state index contributed by atoms with van der Waals surface area (Å²) in [4.78, 5) is 27.8. The summed E-state index contributed by atoms with van der Waals surface area (Å²) in [6, 6.07) is -0.612. The predicted octanol–water partition coefficient (Wildman–Crippen LogP) is 0.745. The number of carbonyl (C=O) groups excluding carboxylic acids is 2. The highest BCUT2D eigenvalue weighted by Gasteiger charge is 2.23. The van der Waals surface area contributed by atoms with Crippen molar-refractivity contribution in [1.82, 2.24) is 25.8 Å². The van der Waals surface area contributed by atoms with Crippen LogP contribution in [0.25, 0.3) is 0 Å². The van der Waals surface area contributed by atoms with Gasteiger partial charge in [-0.15, -0.1) is 5.10 Å². The van der Waals surface area contributed by atoms with E-state index in [0.717, 1.165) is 0 Å². The lowest BCUT2D eigenvalue weighted by Crippen LogP contribution is -2.47. The van der Waals surface area contributed by atoms with Crippen LogP contribution in [0.2, 0.25) is 0 Å². The van der Waals surface area contributed by atoms with E-state index in [1.807, 2.05) is 34.6 Å². The summed E-state index contributed by atoms with van der Waals surface area (Å²) in [5, 5.41) is 11.9. The van der Waals surface area contributed by atoms with E-state index in [0.29, 0.717) is 5.82 Å². The van der Waals surface area contributed by atoms with E-state index in [9.17, 15) is 9.59 Å². The van der Waals surface area contributed by atoms with Gasteiger partial charge in [0, 0.05) is 11.5 Å². The lowest BCUT2D eigenvalue weighted by Gasteiger charge is -2.15. The highest BCUT2D eigenvalue weighted by Crippen LogP contribution is 2.17. The fourth-order valence-electron chi connectivity index (χ4n) is 1.44. The molecule has 0 fully saturated rings. The summed E-state index contributed by atoms with van der Waals surface area (Å²) in [6.45, 7) is 11.2. The molecule has 1 aromatic rings. The van der Waals surface area contributed by atoms with E-state index in [-0.39, 0.29) is 23.2 Å². The van der Waals surface area contributed by atoms with E-state index >= 15 is 0 Å². The molecule has 2 amide bonds. The molecular weight excluding hydrogens is 258 g/mol. The van der Waals surface area contributed by atoms with Gasteiger partial charge < -0.3 is 10.6 Å². The van der Waals surface area contributed by atoms with Gasteiger partial charge in [0.2, 0.25) is 11.7 Å². The molecule has 7 nitrogen and oxygen atoms in total. The zero-order valence-electron chi connectivity index (χ0n) is 12.9. The molecule has 0 saturated heterocycles. The second-order valence-electron chi connectivity index (χ2n) is 6.12. The number of nitrogens with zero attached hydrogens (tertiary/aromatic N) is 2. The molecule has 112 valence electrons. The molecule has 0 spiro atoms. The summed E-state index contributed by atoms with van der Waals surface area (Å²) in [5.41, 5.74) is -0.216. The smallest absolute Gasteiger partial charge is 0.291 e. The molecule has 0 aromatic carbocycles. The standard InChI is InChI=1S/C13H23N5O2/c1-7(2)14-10(19)8(3)15-11(20)9-16-12(18-17-9)13(4,5)6/h7-8H,1-6H3,(H,14,19)(H,15,20)(H,16,17,18). The number of H-pyrrole nitrogens is 1. The second kappa shape index (κ2) is 6.02. The molecule has 1 heterocycles. The average molecular weight is 281 g/mol. The Morgan fingerprint density at radius 1 is 1.15 bits per heavy atom. The van der Waals surface area contributed by atoms with E-state index < -0.39 is 11.9 Å². The summed E-state index contributed by atoms with van der Waals surface area (Å²) < 4.78 is 0. The normalized spacial score (nSPS) is 13.2. The summed E-state index contributed by atoms with van der Waals surface area (Å²) >= 11 is 0. The van der Waals surface area contributed by atoms with Crippen LogP contribution in [0.4, 0.5) is 0 Å². The number of hydrogen-bond donors (Lipinski definition) is 3. The van der Waals surface area contributed by atoms with Crippen LogP contribution in [0, 0.1) is 0 Å². The molecule has 0 saturated carbocycles. The number of aromatic nitrogens is 3. The number of carbonyl (C=O) groups is 2. The van der Waals surface area contributed by atoms with Crippen LogP contribution in [0.15, 0.2) is 0 Å². The molecule has 1 unspecified atom stereocenters. The third kappa shape index (κ3) is 4.32. The van der Waals surface area contributed by atoms with Gasteiger partial charge in [0.1, 0.15) is 11.9 Å². The molecule has 0 radical (unpaired) electrons. The first kappa shape index (κ1) is 16.1. The minimum Gasteiger partial charge on any atom is -0.352 e. The maximum absolute atomic E-state index is 11.9. The van der Waals surface area contributed by atoms with E-state index in [1.54, 1.807) is 6.92 Å². The van der Waals surface area contributed by atoms with Gasteiger partial charge >= 0.3 is 0 Å². The Hall–Kier alpha value is -1.92. The van der Waals surface area contributed by atoms with Crippen LogP contribution < -0.4 is 10.6 Å². The highest BCUT2D eigenvalue weighted by atomic mass is 16.2. The van der Waals surface area contributed by atoms with Gasteiger partial charge in [-0.1, -0.05) is 20.8 Å². The van der Waals surface area contributed by atoms with E-state index in [4.69, 9.17) is 0 Å². The number of hydrogen-bond acceptors (Lipinski definition) is 4. The Labute approximate surface area is 118 Å². The van der Waals surface area contributed by atoms with Crippen molar-refractivity contribution in [3.63, 3.8) is 0 Å². The summed E-state index contributed by atoms with van der Waals surface area (Å²) in [5.74, 6) is -0.0378. The Bertz CT molecular complexity index is 487. The Morgan fingerprint density at radius 2 is 1.75 bits per heavy atom. The van der Waals surface area contributed by atoms with Gasteiger partial charge in [0.25, 0.3) is 5.91 Å². The Morgan fingerprint density at radius 3 is 2.20 bits per heavy atom. The zero-order chi connectivity index (χ0) is 15.5. The third-order valence-corrected chi connectivity index (χ3v) is 2.57. The summed E-state index contributed by atoms with van der Waals surface area (Å²) in [7, 11) is 0. The van der Waals surface area contributed by atoms with Crippen molar-refractivity contribution in [2.24, 2.45) is 0 Å². The summed E-state index contributed by atoms with van der Waals surface area (Å²) in [6.07, 6.45) is 0. The first-order valence-corrected chi connectivity index (χ1v) is 6.65. The average Bonchev–Trinajstić information content (AvgIpc) is 2.76. The number of amides is 2. The number of nitrogens with one attached hydrogen (secondary N) is 3. The SMILES string of the molecule is CC(C)NC(=O)C(C)NC(=O)c1n[nH]c(C(C)(C)C)n1. The van der Waals surface area contributed by atoms with Crippen LogP contribution in [0.1, 0.15) is 58.0 Å². The zero-order valence-corrected chi connectivity index (χ0v) is 12.9. The van der Waals surface area contributed by atoms with E-state index in [2.05, 4.69) is 25.8 Å². The van der Waals surface area contributed by atoms with Gasteiger partial charge in [-0.05, 0) is 20.8 Å². The van der Waals surface area contributed by atoms with Crippen LogP contribution >= 0.6 is 0 Å². The molecule has 0 bridgehead atoms. The van der Waals surface area contributed by atoms with E-state index in [1.165, 1.54) is 0 Å². The molecule has 7 heteroatoms. The van der Waals surface area contributed by atoms with Gasteiger partial charge in [-0.2, -0.15) is 0 Å². The maximum Gasteiger partial charge on any atom is 0.291 e. The van der Waals surface area contributed by atoms with Crippen LogP contribution in [0.5, 0.6) is 0 Å². The lowest BCUT2D eigenvalue weighted by atomic mass is 9.96. The molecular formula is C13H23N5O2. The van der Waals surface area contributed by atoms with Crippen LogP contribution in [0.3, 0.4) is 0 Å². The lowest BCUT2D eigenvalue weighted by molar-refractivity contribution is -0.123. The fraction of sp³-hybridized carbons (Fsp3) is 0.692. The van der Waals surface area contributed by atoms with Crippen LogP contribution in [-0.2, 0) is 10.2 Å². The molecule has 0 aliphatic heterocycles. The predicted molar refractivity (Wildman–Crippen MR) is 75.3 cm³/mol. The number of aromatic amines is 1. The fourth-order valence-corrected chi connectivity index (χ4v) is 1.44. The minimum absolute atomic E-state index is 0.0258. The molecule has 1 rings (SSSR count). The van der Waals surface area contributed by atoms with Gasteiger partial charge in [-0.25, -0.2) is 4.98 Å². The topological polar surface area (TPSA) is 99.8 Å². The minimum atomic E-state index is -0.638. The molecule has 1 aromatic heterocycles. The quantitative estimate of drug-likeness (QED) is 0.758. The van der Waals surface area contributed by atoms with Crippen molar-refractivity contribution < 1.29 is 9.59 Å². The largest absolute Gasteiger partial charge is 0.352 e. The molecule has 20 heavy (non-hydrogen) atoms. The van der Waals surface area contributed by atoms with Crippen molar-refractivity contribution in [2.45, 2.75) is 59.0 Å². The van der Waals surface area contributed by atoms with Crippen molar-refractivity contribution in [3.05, 3.63) is 11.6 Å². The molecule has 1 atom stereocenters. The molecule has 0 aliphatic carbocycles. The van der Waals surface area contributed by atoms with Crippen molar-refractivity contribution in [1.29, 1.82) is 0 Å². The Kier molecular flexibility index (Phi) is 4.86. The van der Waals surface area contributed by atoms with Gasteiger partial charge in [-0.3, -0.25) is 14.7 Å². The van der Waals surface area contributed by atoms with Gasteiger partial charge in [0.15, 0.2) is 0 Å². The first-order chi connectivity index (χ1) is 9.11. The first-order valence-electron chi connectivity index (χ1n) is 6.65. The van der Waals surface area contributed by atoms with Crippen molar-refractivity contribution in [2.75, 3.05) is 0 Å². The van der Waals surface area contributed by atoms with Crippen LogP contribution in [-0.4, -0.2) is 39.1 Å². The number of rotatable bonds is 4. The van der Waals surface area contributed by atoms with Gasteiger partial charge in [0.05, 0.1) is 0 Å². The second-order valence-corrected chi connectivity index (χ2v) is 6.12. The third-order valence-electron chi connectivity index (χ3n) is 2.57. The van der Waals surface area contributed by atoms with Crippen molar-refractivity contribution in [3.8, 4) is 0 Å².